The second-order valence-electron chi connectivity index (χ2n) is 4.59. The second kappa shape index (κ2) is 6.27. The molecule has 1 aromatic rings. The minimum atomic E-state index is 0.719. The lowest BCUT2D eigenvalue weighted by molar-refractivity contribution is 0.299. The van der Waals surface area contributed by atoms with Crippen LogP contribution >= 0.6 is 11.6 Å². The van der Waals surface area contributed by atoms with Crippen molar-refractivity contribution in [2.24, 2.45) is 5.92 Å². The topological polar surface area (TPSA) is 21.3 Å². The van der Waals surface area contributed by atoms with Gasteiger partial charge in [-0.3, -0.25) is 0 Å². The normalized spacial score (nSPS) is 14.9. The van der Waals surface area contributed by atoms with Crippen molar-refractivity contribution in [3.8, 4) is 5.75 Å². The van der Waals surface area contributed by atoms with E-state index in [1.807, 2.05) is 12.1 Å². The molecular formula is C14H20ClNO. The number of para-hydroxylation sites is 1. The number of hydrogen-bond acceptors (Lipinski definition) is 2. The predicted octanol–water partition coefficient (Wildman–Crippen LogP) is 3.63. The summed E-state index contributed by atoms with van der Waals surface area (Å²) >= 11 is 6.19. The molecule has 0 heterocycles. The SMILES string of the molecule is CCNCc1cccc(Cl)c1OCCC1CC1. The van der Waals surface area contributed by atoms with E-state index in [0.717, 1.165) is 48.4 Å². The van der Waals surface area contributed by atoms with E-state index in [9.17, 15) is 0 Å². The van der Waals surface area contributed by atoms with Gasteiger partial charge in [-0.25, -0.2) is 0 Å². The highest BCUT2D eigenvalue weighted by atomic mass is 35.5. The molecule has 3 heteroatoms. The molecule has 0 unspecified atom stereocenters. The largest absolute Gasteiger partial charge is 0.492 e. The Morgan fingerprint density at radius 2 is 2.24 bits per heavy atom. The zero-order chi connectivity index (χ0) is 12.1. The van der Waals surface area contributed by atoms with Crippen LogP contribution in [-0.2, 0) is 6.54 Å². The van der Waals surface area contributed by atoms with Gasteiger partial charge < -0.3 is 10.1 Å². The van der Waals surface area contributed by atoms with Crippen LogP contribution in [0, 0.1) is 5.92 Å². The molecule has 0 radical (unpaired) electrons. The first-order valence-electron chi connectivity index (χ1n) is 6.42. The van der Waals surface area contributed by atoms with Crippen LogP contribution in [0.1, 0.15) is 31.7 Å². The first-order chi connectivity index (χ1) is 8.31. The van der Waals surface area contributed by atoms with Crippen LogP contribution in [0.15, 0.2) is 18.2 Å². The fourth-order valence-electron chi connectivity index (χ4n) is 1.85. The van der Waals surface area contributed by atoms with Crippen molar-refractivity contribution in [3.63, 3.8) is 0 Å². The first-order valence-corrected chi connectivity index (χ1v) is 6.80. The standard InChI is InChI=1S/C14H20ClNO/c1-2-16-10-12-4-3-5-13(15)14(12)17-9-8-11-6-7-11/h3-5,11,16H,2,6-10H2,1H3. The van der Waals surface area contributed by atoms with Crippen LogP contribution in [-0.4, -0.2) is 13.2 Å². The lowest BCUT2D eigenvalue weighted by atomic mass is 10.2. The summed E-state index contributed by atoms with van der Waals surface area (Å²) in [6.07, 6.45) is 3.90. The number of rotatable bonds is 7. The summed E-state index contributed by atoms with van der Waals surface area (Å²) in [6, 6.07) is 5.94. The number of ether oxygens (including phenoxy) is 1. The van der Waals surface area contributed by atoms with Crippen LogP contribution < -0.4 is 10.1 Å². The Balaban J connectivity index is 1.95. The molecule has 17 heavy (non-hydrogen) atoms. The van der Waals surface area contributed by atoms with Gasteiger partial charge in [-0.15, -0.1) is 0 Å². The van der Waals surface area contributed by atoms with Gasteiger partial charge in [0.05, 0.1) is 11.6 Å². The highest BCUT2D eigenvalue weighted by molar-refractivity contribution is 6.32. The maximum atomic E-state index is 6.19. The van der Waals surface area contributed by atoms with Crippen molar-refractivity contribution in [2.75, 3.05) is 13.2 Å². The van der Waals surface area contributed by atoms with Crippen molar-refractivity contribution < 1.29 is 4.74 Å². The van der Waals surface area contributed by atoms with Gasteiger partial charge in [0.1, 0.15) is 5.75 Å². The van der Waals surface area contributed by atoms with Crippen molar-refractivity contribution >= 4 is 11.6 Å². The highest BCUT2D eigenvalue weighted by Crippen LogP contribution is 2.33. The van der Waals surface area contributed by atoms with E-state index in [4.69, 9.17) is 16.3 Å². The molecule has 2 rings (SSSR count). The molecule has 1 saturated carbocycles. The van der Waals surface area contributed by atoms with E-state index in [2.05, 4.69) is 18.3 Å². The average molecular weight is 254 g/mol. The number of benzene rings is 1. The molecule has 1 fully saturated rings. The zero-order valence-electron chi connectivity index (χ0n) is 10.3. The Morgan fingerprint density at radius 1 is 1.41 bits per heavy atom. The van der Waals surface area contributed by atoms with Crippen molar-refractivity contribution in [1.82, 2.24) is 5.32 Å². The van der Waals surface area contributed by atoms with Crippen LogP contribution in [0.3, 0.4) is 0 Å². The summed E-state index contributed by atoms with van der Waals surface area (Å²) in [5, 5.41) is 4.02. The smallest absolute Gasteiger partial charge is 0.142 e. The minimum absolute atomic E-state index is 0.719. The first kappa shape index (κ1) is 12.7. The maximum absolute atomic E-state index is 6.19. The van der Waals surface area contributed by atoms with Crippen LogP contribution in [0.25, 0.3) is 0 Å². The van der Waals surface area contributed by atoms with Crippen LogP contribution in [0.4, 0.5) is 0 Å². The Hall–Kier alpha value is -0.730. The van der Waals surface area contributed by atoms with E-state index >= 15 is 0 Å². The summed E-state index contributed by atoms with van der Waals surface area (Å²) in [5.74, 6) is 1.76. The molecule has 1 aliphatic rings. The summed E-state index contributed by atoms with van der Waals surface area (Å²) in [5.41, 5.74) is 1.15. The molecule has 0 aromatic heterocycles. The van der Waals surface area contributed by atoms with Crippen molar-refractivity contribution in [2.45, 2.75) is 32.7 Å². The van der Waals surface area contributed by atoms with Crippen molar-refractivity contribution in [3.05, 3.63) is 28.8 Å². The van der Waals surface area contributed by atoms with Gasteiger partial charge in [-0.05, 0) is 24.9 Å². The monoisotopic (exact) mass is 253 g/mol. The molecule has 1 aromatic carbocycles. The van der Waals surface area contributed by atoms with Gasteiger partial charge >= 0.3 is 0 Å². The lowest BCUT2D eigenvalue weighted by Crippen LogP contribution is -2.13. The Kier molecular flexibility index (Phi) is 4.69. The third kappa shape index (κ3) is 3.90. The molecule has 1 N–H and O–H groups in total. The molecule has 1 aliphatic carbocycles. The third-order valence-corrected chi connectivity index (χ3v) is 3.38. The van der Waals surface area contributed by atoms with E-state index in [-0.39, 0.29) is 0 Å². The highest BCUT2D eigenvalue weighted by Gasteiger charge is 2.21. The quantitative estimate of drug-likeness (QED) is 0.801. The van der Waals surface area contributed by atoms with Crippen LogP contribution in [0.2, 0.25) is 5.02 Å². The van der Waals surface area contributed by atoms with Gasteiger partial charge in [0.15, 0.2) is 0 Å². The Bertz CT molecular complexity index is 363. The summed E-state index contributed by atoms with van der Waals surface area (Å²) in [4.78, 5) is 0. The van der Waals surface area contributed by atoms with Crippen molar-refractivity contribution in [1.29, 1.82) is 0 Å². The molecule has 0 aliphatic heterocycles. The second-order valence-corrected chi connectivity index (χ2v) is 5.00. The maximum Gasteiger partial charge on any atom is 0.142 e. The van der Waals surface area contributed by atoms with Crippen LogP contribution in [0.5, 0.6) is 5.75 Å². The zero-order valence-corrected chi connectivity index (χ0v) is 11.1. The van der Waals surface area contributed by atoms with E-state index in [0.29, 0.717) is 0 Å². The van der Waals surface area contributed by atoms with Gasteiger partial charge in [0, 0.05) is 12.1 Å². The fraction of sp³-hybridized carbons (Fsp3) is 0.571. The lowest BCUT2D eigenvalue weighted by Gasteiger charge is -2.13. The van der Waals surface area contributed by atoms with Gasteiger partial charge in [0.25, 0.3) is 0 Å². The Morgan fingerprint density at radius 3 is 2.94 bits per heavy atom. The molecule has 0 saturated heterocycles. The molecule has 0 amide bonds. The Labute approximate surface area is 108 Å². The number of nitrogens with one attached hydrogen (secondary N) is 1. The van der Waals surface area contributed by atoms with Gasteiger partial charge in [-0.1, -0.05) is 43.5 Å². The fourth-order valence-corrected chi connectivity index (χ4v) is 2.10. The van der Waals surface area contributed by atoms with Gasteiger partial charge in [-0.2, -0.15) is 0 Å². The minimum Gasteiger partial charge on any atom is -0.492 e. The average Bonchev–Trinajstić information content (AvgIpc) is 3.13. The number of halogens is 1. The molecule has 0 bridgehead atoms. The van der Waals surface area contributed by atoms with E-state index in [1.165, 1.54) is 12.8 Å². The predicted molar refractivity (Wildman–Crippen MR) is 71.7 cm³/mol. The summed E-state index contributed by atoms with van der Waals surface area (Å²) < 4.78 is 5.84. The molecule has 2 nitrogen and oxygen atoms in total. The number of hydrogen-bond donors (Lipinski definition) is 1. The van der Waals surface area contributed by atoms with E-state index < -0.39 is 0 Å². The molecule has 94 valence electrons. The third-order valence-electron chi connectivity index (χ3n) is 3.08. The summed E-state index contributed by atoms with van der Waals surface area (Å²) in [7, 11) is 0. The van der Waals surface area contributed by atoms with E-state index in [1.54, 1.807) is 0 Å². The molecule has 0 spiro atoms. The summed E-state index contributed by atoms with van der Waals surface area (Å²) in [6.45, 7) is 4.65. The molecular weight excluding hydrogens is 234 g/mol. The van der Waals surface area contributed by atoms with Gasteiger partial charge in [0.2, 0.25) is 0 Å². The molecule has 0 atom stereocenters.